The van der Waals surface area contributed by atoms with E-state index in [9.17, 15) is 14.0 Å². The van der Waals surface area contributed by atoms with Gasteiger partial charge in [0.05, 0.1) is 18.7 Å². The third kappa shape index (κ3) is 4.43. The van der Waals surface area contributed by atoms with Crippen LogP contribution in [0, 0.1) is 19.7 Å². The topological polar surface area (TPSA) is 84.2 Å². The van der Waals surface area contributed by atoms with Crippen molar-refractivity contribution >= 4 is 17.6 Å². The van der Waals surface area contributed by atoms with Gasteiger partial charge in [0.2, 0.25) is 0 Å². The fraction of sp³-hybridized carbons (Fsp3) is 0.190. The van der Waals surface area contributed by atoms with E-state index in [4.69, 9.17) is 5.11 Å². The Morgan fingerprint density at radius 2 is 1.89 bits per heavy atom. The minimum atomic E-state index is -0.896. The van der Waals surface area contributed by atoms with Gasteiger partial charge in [-0.15, -0.1) is 0 Å². The predicted molar refractivity (Wildman–Crippen MR) is 103 cm³/mol. The van der Waals surface area contributed by atoms with Crippen molar-refractivity contribution < 1.29 is 19.1 Å². The van der Waals surface area contributed by atoms with Gasteiger partial charge in [-0.05, 0) is 49.7 Å². The number of nitrogens with zero attached hydrogens (tertiary/aromatic N) is 2. The van der Waals surface area contributed by atoms with Gasteiger partial charge in [-0.1, -0.05) is 18.2 Å². The second-order valence-electron chi connectivity index (χ2n) is 6.54. The van der Waals surface area contributed by atoms with E-state index in [2.05, 4.69) is 10.4 Å². The number of carboxylic acids is 1. The number of hydrogen-bond donors (Lipinski definition) is 2. The van der Waals surface area contributed by atoms with E-state index >= 15 is 0 Å². The molecule has 144 valence electrons. The number of carbonyl (C=O) groups is 2. The maximum atomic E-state index is 13.3. The second-order valence-corrected chi connectivity index (χ2v) is 6.54. The molecular formula is C21H20FN3O3. The van der Waals surface area contributed by atoms with E-state index < -0.39 is 17.7 Å². The summed E-state index contributed by atoms with van der Waals surface area (Å²) in [6.45, 7) is 4.07. The highest BCUT2D eigenvalue weighted by Crippen LogP contribution is 2.18. The molecule has 0 saturated carbocycles. The Balaban J connectivity index is 1.77. The number of amides is 1. The van der Waals surface area contributed by atoms with E-state index in [1.807, 2.05) is 19.1 Å². The highest BCUT2D eigenvalue weighted by atomic mass is 19.1. The Labute approximate surface area is 161 Å². The molecular weight excluding hydrogens is 361 g/mol. The van der Waals surface area contributed by atoms with E-state index in [-0.39, 0.29) is 12.0 Å². The summed E-state index contributed by atoms with van der Waals surface area (Å²) in [6, 6.07) is 12.7. The van der Waals surface area contributed by atoms with Crippen LogP contribution in [0.2, 0.25) is 0 Å². The molecule has 0 fully saturated rings. The number of rotatable bonds is 6. The Hall–Kier alpha value is -3.48. The molecule has 1 aromatic heterocycles. The summed E-state index contributed by atoms with van der Waals surface area (Å²) in [7, 11) is 0. The van der Waals surface area contributed by atoms with Crippen molar-refractivity contribution in [2.24, 2.45) is 0 Å². The predicted octanol–water partition coefficient (Wildman–Crippen LogP) is 3.57. The molecule has 28 heavy (non-hydrogen) atoms. The zero-order valence-electron chi connectivity index (χ0n) is 15.6. The first-order valence-corrected chi connectivity index (χ1v) is 8.74. The number of aromatic nitrogens is 2. The summed E-state index contributed by atoms with van der Waals surface area (Å²) in [5.74, 6) is -1.76. The fourth-order valence-corrected chi connectivity index (χ4v) is 3.05. The smallest absolute Gasteiger partial charge is 0.307 e. The molecule has 0 atom stereocenters. The van der Waals surface area contributed by atoms with E-state index in [1.54, 1.807) is 29.8 Å². The van der Waals surface area contributed by atoms with Crippen molar-refractivity contribution in [3.8, 4) is 0 Å². The molecule has 0 unspecified atom stereocenters. The second kappa shape index (κ2) is 8.04. The van der Waals surface area contributed by atoms with Crippen LogP contribution < -0.4 is 5.32 Å². The monoisotopic (exact) mass is 381 g/mol. The first-order chi connectivity index (χ1) is 13.3. The molecule has 7 heteroatoms. The van der Waals surface area contributed by atoms with Gasteiger partial charge in [0.15, 0.2) is 0 Å². The van der Waals surface area contributed by atoms with Crippen molar-refractivity contribution in [2.75, 3.05) is 5.32 Å². The molecule has 0 aliphatic carbocycles. The number of benzene rings is 2. The molecule has 6 nitrogen and oxygen atoms in total. The number of hydrogen-bond acceptors (Lipinski definition) is 3. The Kier molecular flexibility index (Phi) is 5.54. The van der Waals surface area contributed by atoms with Crippen LogP contribution in [0.25, 0.3) is 0 Å². The number of carboxylic acid groups (broad SMARTS) is 1. The fourth-order valence-electron chi connectivity index (χ4n) is 3.05. The molecule has 0 aliphatic rings. The highest BCUT2D eigenvalue weighted by Gasteiger charge is 2.15. The number of aliphatic carboxylic acids is 1. The summed E-state index contributed by atoms with van der Waals surface area (Å²) >= 11 is 0. The highest BCUT2D eigenvalue weighted by molar-refractivity contribution is 6.04. The number of carbonyl (C=O) groups excluding carboxylic acids is 1. The molecule has 0 bridgehead atoms. The number of nitrogens with one attached hydrogen (secondary N) is 1. The van der Waals surface area contributed by atoms with Crippen LogP contribution in [-0.4, -0.2) is 26.8 Å². The maximum Gasteiger partial charge on any atom is 0.307 e. The van der Waals surface area contributed by atoms with Gasteiger partial charge >= 0.3 is 5.97 Å². The van der Waals surface area contributed by atoms with Gasteiger partial charge in [-0.25, -0.2) is 4.39 Å². The van der Waals surface area contributed by atoms with Crippen molar-refractivity contribution in [3.05, 3.63) is 82.4 Å². The van der Waals surface area contributed by atoms with Crippen LogP contribution in [0.1, 0.15) is 32.9 Å². The van der Waals surface area contributed by atoms with Gasteiger partial charge in [0.25, 0.3) is 5.91 Å². The lowest BCUT2D eigenvalue weighted by molar-refractivity contribution is -0.136. The minimum Gasteiger partial charge on any atom is -0.481 e. The summed E-state index contributed by atoms with van der Waals surface area (Å²) in [6.07, 6.45) is -0.0681. The molecule has 0 spiro atoms. The van der Waals surface area contributed by atoms with Crippen molar-refractivity contribution in [1.82, 2.24) is 9.78 Å². The van der Waals surface area contributed by atoms with Crippen LogP contribution in [0.3, 0.4) is 0 Å². The summed E-state index contributed by atoms with van der Waals surface area (Å²) in [5.41, 5.74) is 3.92. The molecule has 2 aromatic carbocycles. The first-order valence-electron chi connectivity index (χ1n) is 8.74. The molecule has 0 aliphatic heterocycles. The number of anilines is 1. The lowest BCUT2D eigenvalue weighted by atomic mass is 10.1. The third-order valence-corrected chi connectivity index (χ3v) is 4.46. The van der Waals surface area contributed by atoms with E-state index in [0.717, 1.165) is 11.3 Å². The Bertz CT molecular complexity index is 1040. The molecule has 1 heterocycles. The van der Waals surface area contributed by atoms with E-state index in [0.29, 0.717) is 23.5 Å². The molecule has 1 amide bonds. The van der Waals surface area contributed by atoms with E-state index in [1.165, 1.54) is 18.2 Å². The van der Waals surface area contributed by atoms with Gasteiger partial charge < -0.3 is 10.4 Å². The van der Waals surface area contributed by atoms with Gasteiger partial charge in [0, 0.05) is 22.5 Å². The number of aryl methyl sites for hydroxylation is 1. The van der Waals surface area contributed by atoms with Crippen LogP contribution in [0.15, 0.2) is 48.5 Å². The van der Waals surface area contributed by atoms with Crippen LogP contribution in [-0.2, 0) is 17.8 Å². The quantitative estimate of drug-likeness (QED) is 0.684. The summed E-state index contributed by atoms with van der Waals surface area (Å²) in [5, 5.41) is 16.2. The summed E-state index contributed by atoms with van der Waals surface area (Å²) < 4.78 is 15.0. The molecule has 0 radical (unpaired) electrons. The molecule has 3 rings (SSSR count). The number of halogens is 1. The van der Waals surface area contributed by atoms with Crippen LogP contribution >= 0.6 is 0 Å². The normalized spacial score (nSPS) is 10.7. The third-order valence-electron chi connectivity index (χ3n) is 4.46. The first kappa shape index (κ1) is 19.3. The lowest BCUT2D eigenvalue weighted by Gasteiger charge is -2.09. The Morgan fingerprint density at radius 3 is 2.61 bits per heavy atom. The van der Waals surface area contributed by atoms with Crippen LogP contribution in [0.4, 0.5) is 10.1 Å². The average molecular weight is 381 g/mol. The minimum absolute atomic E-state index is 0.0681. The van der Waals surface area contributed by atoms with Crippen molar-refractivity contribution in [1.29, 1.82) is 0 Å². The standard InChI is InChI=1S/C21H20FN3O3/c1-13-19(11-20(26)27)14(2)25(24-13)12-15-5-3-8-18(9-15)23-21(28)16-6-4-7-17(22)10-16/h3-10H,11-12H2,1-2H3,(H,23,28)(H,26,27). The van der Waals surface area contributed by atoms with Crippen molar-refractivity contribution in [2.45, 2.75) is 26.8 Å². The van der Waals surface area contributed by atoms with Gasteiger partial charge in [0.1, 0.15) is 5.82 Å². The molecule has 0 saturated heterocycles. The van der Waals surface area contributed by atoms with Crippen molar-refractivity contribution in [3.63, 3.8) is 0 Å². The van der Waals surface area contributed by atoms with Gasteiger partial charge in [-0.3, -0.25) is 14.3 Å². The lowest BCUT2D eigenvalue weighted by Crippen LogP contribution is -2.12. The molecule has 3 aromatic rings. The average Bonchev–Trinajstić information content (AvgIpc) is 2.89. The largest absolute Gasteiger partial charge is 0.481 e. The summed E-state index contributed by atoms with van der Waals surface area (Å²) in [4.78, 5) is 23.3. The maximum absolute atomic E-state index is 13.3. The SMILES string of the molecule is Cc1nn(Cc2cccc(NC(=O)c3cccc(F)c3)c2)c(C)c1CC(=O)O. The van der Waals surface area contributed by atoms with Crippen LogP contribution in [0.5, 0.6) is 0 Å². The zero-order chi connectivity index (χ0) is 20.3. The molecule has 2 N–H and O–H groups in total. The Morgan fingerprint density at radius 1 is 1.14 bits per heavy atom. The zero-order valence-corrected chi connectivity index (χ0v) is 15.6. The van der Waals surface area contributed by atoms with Gasteiger partial charge in [-0.2, -0.15) is 5.10 Å².